The fraction of sp³-hybridized carbons (Fsp3) is 0.235. The van der Waals surface area contributed by atoms with Gasteiger partial charge in [-0.1, -0.05) is 36.4 Å². The maximum atomic E-state index is 9.00. The molecule has 0 aliphatic carbocycles. The lowest BCUT2D eigenvalue weighted by Gasteiger charge is -2.21. The van der Waals surface area contributed by atoms with Gasteiger partial charge in [0.2, 0.25) is 0 Å². The molecule has 3 nitrogen and oxygen atoms in total. The van der Waals surface area contributed by atoms with Crippen molar-refractivity contribution in [1.82, 2.24) is 0 Å². The maximum absolute atomic E-state index is 9.00. The number of aryl methyl sites for hydroxylation is 1. The highest BCUT2D eigenvalue weighted by molar-refractivity contribution is 5.56. The Hall–Kier alpha value is -2.31. The van der Waals surface area contributed by atoms with Crippen molar-refractivity contribution < 1.29 is 4.74 Å². The first-order valence-corrected chi connectivity index (χ1v) is 6.55. The molecule has 1 unspecified atom stereocenters. The van der Waals surface area contributed by atoms with Gasteiger partial charge in [-0.3, -0.25) is 0 Å². The van der Waals surface area contributed by atoms with Crippen LogP contribution in [-0.4, -0.2) is 13.7 Å². The molecule has 102 valence electrons. The topological polar surface area (TPSA) is 45.0 Å². The zero-order valence-corrected chi connectivity index (χ0v) is 11.8. The molecular weight excluding hydrogens is 248 g/mol. The van der Waals surface area contributed by atoms with Crippen LogP contribution >= 0.6 is 0 Å². The van der Waals surface area contributed by atoms with Crippen LogP contribution in [-0.2, 0) is 4.74 Å². The number of hydrogen-bond acceptors (Lipinski definition) is 3. The fourth-order valence-electron chi connectivity index (χ4n) is 2.11. The highest BCUT2D eigenvalue weighted by Gasteiger charge is 2.12. The minimum Gasteiger partial charge on any atom is -0.382 e. The third-order valence-corrected chi connectivity index (χ3v) is 3.23. The second-order valence-corrected chi connectivity index (χ2v) is 4.70. The highest BCUT2D eigenvalue weighted by Crippen LogP contribution is 2.23. The summed E-state index contributed by atoms with van der Waals surface area (Å²) in [6, 6.07) is 18.0. The van der Waals surface area contributed by atoms with E-state index in [0.29, 0.717) is 12.2 Å². The molecule has 1 atom stereocenters. The molecule has 0 aliphatic heterocycles. The first kappa shape index (κ1) is 14.1. The molecule has 0 amide bonds. The van der Waals surface area contributed by atoms with Gasteiger partial charge >= 0.3 is 0 Å². The Labute approximate surface area is 119 Å². The van der Waals surface area contributed by atoms with Crippen molar-refractivity contribution in [2.45, 2.75) is 13.0 Å². The minimum absolute atomic E-state index is 0.0637. The predicted octanol–water partition coefficient (Wildman–Crippen LogP) is 3.67. The van der Waals surface area contributed by atoms with Crippen LogP contribution in [0.1, 0.15) is 22.7 Å². The average molecular weight is 266 g/mol. The predicted molar refractivity (Wildman–Crippen MR) is 80.6 cm³/mol. The first-order valence-electron chi connectivity index (χ1n) is 6.55. The third-order valence-electron chi connectivity index (χ3n) is 3.23. The Kier molecular flexibility index (Phi) is 4.75. The maximum Gasteiger partial charge on any atom is 0.0992 e. The molecule has 0 bridgehead atoms. The van der Waals surface area contributed by atoms with Crippen molar-refractivity contribution in [3.8, 4) is 6.07 Å². The lowest BCUT2D eigenvalue weighted by atomic mass is 10.1. The Bertz CT molecular complexity index is 602. The highest BCUT2D eigenvalue weighted by atomic mass is 16.5. The van der Waals surface area contributed by atoms with E-state index in [4.69, 9.17) is 10.00 Å². The molecule has 0 saturated heterocycles. The fourth-order valence-corrected chi connectivity index (χ4v) is 2.11. The van der Waals surface area contributed by atoms with Gasteiger partial charge in [-0.25, -0.2) is 0 Å². The van der Waals surface area contributed by atoms with Crippen molar-refractivity contribution in [2.24, 2.45) is 0 Å². The number of rotatable bonds is 5. The van der Waals surface area contributed by atoms with Crippen LogP contribution in [0.2, 0.25) is 0 Å². The third kappa shape index (κ3) is 3.37. The van der Waals surface area contributed by atoms with Crippen molar-refractivity contribution in [2.75, 3.05) is 19.0 Å². The zero-order valence-electron chi connectivity index (χ0n) is 11.8. The van der Waals surface area contributed by atoms with Gasteiger partial charge in [0.1, 0.15) is 0 Å². The molecule has 2 aromatic carbocycles. The second kappa shape index (κ2) is 6.74. The summed E-state index contributed by atoms with van der Waals surface area (Å²) in [7, 11) is 1.69. The van der Waals surface area contributed by atoms with Crippen LogP contribution in [0, 0.1) is 18.3 Å². The zero-order chi connectivity index (χ0) is 14.4. The van der Waals surface area contributed by atoms with Gasteiger partial charge in [0, 0.05) is 12.8 Å². The van der Waals surface area contributed by atoms with Gasteiger partial charge in [0.05, 0.1) is 24.3 Å². The van der Waals surface area contributed by atoms with Crippen molar-refractivity contribution in [3.63, 3.8) is 0 Å². The Balaban J connectivity index is 2.27. The summed E-state index contributed by atoms with van der Waals surface area (Å²) in [4.78, 5) is 0. The molecular formula is C17H18N2O. The molecule has 20 heavy (non-hydrogen) atoms. The van der Waals surface area contributed by atoms with E-state index in [1.54, 1.807) is 7.11 Å². The molecule has 0 fully saturated rings. The quantitative estimate of drug-likeness (QED) is 0.898. The van der Waals surface area contributed by atoms with Gasteiger partial charge < -0.3 is 10.1 Å². The first-order chi connectivity index (χ1) is 9.74. The van der Waals surface area contributed by atoms with Crippen LogP contribution in [0.5, 0.6) is 0 Å². The number of nitriles is 1. The Morgan fingerprint density at radius 2 is 1.95 bits per heavy atom. The molecule has 1 N–H and O–H groups in total. The smallest absolute Gasteiger partial charge is 0.0992 e. The molecule has 0 saturated carbocycles. The number of ether oxygens (including phenoxy) is 1. The summed E-state index contributed by atoms with van der Waals surface area (Å²) in [5.41, 5.74) is 3.90. The van der Waals surface area contributed by atoms with Gasteiger partial charge in [-0.2, -0.15) is 5.26 Å². The normalized spacial score (nSPS) is 11.7. The van der Waals surface area contributed by atoms with Crippen LogP contribution in [0.25, 0.3) is 0 Å². The van der Waals surface area contributed by atoms with Gasteiger partial charge in [-0.05, 0) is 30.2 Å². The van der Waals surface area contributed by atoms with Crippen molar-refractivity contribution >= 4 is 5.69 Å². The van der Waals surface area contributed by atoms with Gasteiger partial charge in [0.15, 0.2) is 0 Å². The summed E-state index contributed by atoms with van der Waals surface area (Å²) in [5, 5.41) is 12.5. The molecule has 2 rings (SSSR count). The van der Waals surface area contributed by atoms with E-state index in [2.05, 4.69) is 23.5 Å². The second-order valence-electron chi connectivity index (χ2n) is 4.70. The number of nitrogens with one attached hydrogen (secondary N) is 1. The molecule has 0 aliphatic rings. The number of methoxy groups -OCH3 is 1. The van der Waals surface area contributed by atoms with Crippen molar-refractivity contribution in [3.05, 3.63) is 65.2 Å². The van der Waals surface area contributed by atoms with E-state index in [1.165, 1.54) is 0 Å². The number of benzene rings is 2. The SMILES string of the molecule is COCC(Nc1cc(C#N)ccc1C)c1ccccc1. The summed E-state index contributed by atoms with van der Waals surface area (Å²) in [6.07, 6.45) is 0. The van der Waals surface area contributed by atoms with Crippen LogP contribution in [0.15, 0.2) is 48.5 Å². The van der Waals surface area contributed by atoms with Gasteiger partial charge in [-0.15, -0.1) is 0 Å². The molecule has 3 heteroatoms. The average Bonchev–Trinajstić information content (AvgIpc) is 2.49. The standard InChI is InChI=1S/C17H18N2O/c1-13-8-9-14(11-18)10-16(13)19-17(12-20-2)15-6-4-3-5-7-15/h3-10,17,19H,12H2,1-2H3. The van der Waals surface area contributed by atoms with E-state index >= 15 is 0 Å². The van der Waals surface area contributed by atoms with E-state index in [0.717, 1.165) is 16.8 Å². The largest absolute Gasteiger partial charge is 0.382 e. The number of hydrogen-bond donors (Lipinski definition) is 1. The molecule has 0 radical (unpaired) electrons. The van der Waals surface area contributed by atoms with Crippen LogP contribution in [0.4, 0.5) is 5.69 Å². The van der Waals surface area contributed by atoms with E-state index in [-0.39, 0.29) is 6.04 Å². The number of anilines is 1. The molecule has 2 aromatic rings. The lowest BCUT2D eigenvalue weighted by molar-refractivity contribution is 0.186. The van der Waals surface area contributed by atoms with E-state index < -0.39 is 0 Å². The van der Waals surface area contributed by atoms with E-state index in [1.807, 2.05) is 43.3 Å². The van der Waals surface area contributed by atoms with E-state index in [9.17, 15) is 0 Å². The Morgan fingerprint density at radius 1 is 1.20 bits per heavy atom. The monoisotopic (exact) mass is 266 g/mol. The molecule has 0 heterocycles. The van der Waals surface area contributed by atoms with Crippen LogP contribution < -0.4 is 5.32 Å². The molecule has 0 spiro atoms. The summed E-state index contributed by atoms with van der Waals surface area (Å²) >= 11 is 0. The lowest BCUT2D eigenvalue weighted by Crippen LogP contribution is -2.16. The Morgan fingerprint density at radius 3 is 2.60 bits per heavy atom. The van der Waals surface area contributed by atoms with Crippen LogP contribution in [0.3, 0.4) is 0 Å². The van der Waals surface area contributed by atoms with Crippen molar-refractivity contribution in [1.29, 1.82) is 5.26 Å². The molecule has 0 aromatic heterocycles. The minimum atomic E-state index is 0.0637. The summed E-state index contributed by atoms with van der Waals surface area (Å²) < 4.78 is 5.30. The summed E-state index contributed by atoms with van der Waals surface area (Å²) in [6.45, 7) is 2.60. The summed E-state index contributed by atoms with van der Waals surface area (Å²) in [5.74, 6) is 0. The number of nitrogens with zero attached hydrogens (tertiary/aromatic N) is 1. The van der Waals surface area contributed by atoms with Gasteiger partial charge in [0.25, 0.3) is 0 Å².